The maximum absolute atomic E-state index is 10.3. The Hall–Kier alpha value is -0.740. The average Bonchev–Trinajstić information content (AvgIpc) is 2.66. The number of hydrogen-bond donors (Lipinski definition) is 1. The van der Waals surface area contributed by atoms with E-state index in [1.54, 1.807) is 25.1 Å². The fraction of sp³-hybridized carbons (Fsp3) is 0.500. The van der Waals surface area contributed by atoms with Gasteiger partial charge in [-0.15, -0.1) is 0 Å². The van der Waals surface area contributed by atoms with Crippen molar-refractivity contribution in [1.29, 1.82) is 0 Å². The number of pyridine rings is 1. The molecule has 1 N–H and O–H groups in total. The molecule has 2 rings (SSSR count). The highest BCUT2D eigenvalue weighted by atomic mass is 32.2. The molecule has 0 saturated carbocycles. The zero-order valence-electron chi connectivity index (χ0n) is 8.06. The Morgan fingerprint density at radius 1 is 1.64 bits per heavy atom. The van der Waals surface area contributed by atoms with Crippen LogP contribution in [0.2, 0.25) is 0 Å². The van der Waals surface area contributed by atoms with E-state index in [1.807, 2.05) is 12.1 Å². The lowest BCUT2D eigenvalue weighted by atomic mass is 9.98. The molecule has 1 fully saturated rings. The highest BCUT2D eigenvalue weighted by Crippen LogP contribution is 2.39. The SMILES string of the molecule is COc1cccnc1C1(O)CCSC1. The van der Waals surface area contributed by atoms with E-state index in [9.17, 15) is 5.11 Å². The van der Waals surface area contributed by atoms with Crippen LogP contribution in [0.1, 0.15) is 12.1 Å². The van der Waals surface area contributed by atoms with Crippen LogP contribution in [-0.2, 0) is 5.60 Å². The first-order valence-corrected chi connectivity index (χ1v) is 5.71. The second-order valence-electron chi connectivity index (χ2n) is 3.39. The molecule has 0 aromatic carbocycles. The monoisotopic (exact) mass is 211 g/mol. The summed E-state index contributed by atoms with van der Waals surface area (Å²) in [6, 6.07) is 3.65. The molecule has 0 amide bonds. The molecule has 0 spiro atoms. The van der Waals surface area contributed by atoms with Crippen molar-refractivity contribution in [1.82, 2.24) is 4.98 Å². The van der Waals surface area contributed by atoms with Gasteiger partial charge in [-0.1, -0.05) is 0 Å². The van der Waals surface area contributed by atoms with Crippen LogP contribution in [0.25, 0.3) is 0 Å². The van der Waals surface area contributed by atoms with Gasteiger partial charge < -0.3 is 9.84 Å². The van der Waals surface area contributed by atoms with Gasteiger partial charge in [0.2, 0.25) is 0 Å². The molecule has 0 aliphatic carbocycles. The zero-order chi connectivity index (χ0) is 10.0. The minimum Gasteiger partial charge on any atom is -0.495 e. The number of ether oxygens (including phenoxy) is 1. The predicted molar refractivity (Wildman–Crippen MR) is 56.6 cm³/mol. The molecule has 1 saturated heterocycles. The first-order chi connectivity index (χ1) is 6.76. The Labute approximate surface area is 87.5 Å². The minimum atomic E-state index is -0.794. The Balaban J connectivity index is 2.39. The van der Waals surface area contributed by atoms with Gasteiger partial charge in [0.05, 0.1) is 7.11 Å². The van der Waals surface area contributed by atoms with Crippen molar-refractivity contribution in [3.8, 4) is 5.75 Å². The van der Waals surface area contributed by atoms with E-state index in [1.165, 1.54) is 0 Å². The molecular formula is C10H13NO2S. The summed E-state index contributed by atoms with van der Waals surface area (Å²) in [6.07, 6.45) is 2.45. The number of rotatable bonds is 2. The van der Waals surface area contributed by atoms with Gasteiger partial charge >= 0.3 is 0 Å². The highest BCUT2D eigenvalue weighted by Gasteiger charge is 2.37. The van der Waals surface area contributed by atoms with Crippen molar-refractivity contribution in [3.05, 3.63) is 24.0 Å². The maximum atomic E-state index is 10.3. The first-order valence-electron chi connectivity index (χ1n) is 4.56. The number of nitrogens with zero attached hydrogens (tertiary/aromatic N) is 1. The number of hydrogen-bond acceptors (Lipinski definition) is 4. The van der Waals surface area contributed by atoms with E-state index in [0.717, 1.165) is 12.2 Å². The Bertz CT molecular complexity index is 324. The second-order valence-corrected chi connectivity index (χ2v) is 4.49. The summed E-state index contributed by atoms with van der Waals surface area (Å²) in [5.41, 5.74) is -0.121. The molecule has 76 valence electrons. The van der Waals surface area contributed by atoms with Crippen molar-refractivity contribution >= 4 is 11.8 Å². The molecule has 0 radical (unpaired) electrons. The van der Waals surface area contributed by atoms with Crippen LogP contribution in [0.15, 0.2) is 18.3 Å². The quantitative estimate of drug-likeness (QED) is 0.803. The largest absolute Gasteiger partial charge is 0.495 e. The van der Waals surface area contributed by atoms with Gasteiger partial charge in [0.25, 0.3) is 0 Å². The molecule has 1 atom stereocenters. The van der Waals surface area contributed by atoms with Crippen LogP contribution < -0.4 is 4.74 Å². The Kier molecular flexibility index (Phi) is 2.65. The van der Waals surface area contributed by atoms with Crippen molar-refractivity contribution < 1.29 is 9.84 Å². The fourth-order valence-electron chi connectivity index (χ4n) is 1.65. The number of thioether (sulfide) groups is 1. The summed E-state index contributed by atoms with van der Waals surface area (Å²) >= 11 is 1.75. The van der Waals surface area contributed by atoms with E-state index < -0.39 is 5.60 Å². The third-order valence-electron chi connectivity index (χ3n) is 2.43. The topological polar surface area (TPSA) is 42.4 Å². The van der Waals surface area contributed by atoms with Crippen LogP contribution in [0.3, 0.4) is 0 Å². The lowest BCUT2D eigenvalue weighted by molar-refractivity contribution is 0.0582. The standard InChI is InChI=1S/C10H13NO2S/c1-13-8-3-2-5-11-9(8)10(12)4-6-14-7-10/h2-3,5,12H,4,6-7H2,1H3. The third kappa shape index (κ3) is 1.60. The van der Waals surface area contributed by atoms with Crippen LogP contribution in [-0.4, -0.2) is 28.7 Å². The van der Waals surface area contributed by atoms with Gasteiger partial charge in [0.15, 0.2) is 0 Å². The second kappa shape index (κ2) is 3.79. The smallest absolute Gasteiger partial charge is 0.143 e. The van der Waals surface area contributed by atoms with E-state index in [4.69, 9.17) is 4.74 Å². The van der Waals surface area contributed by atoms with E-state index in [-0.39, 0.29) is 0 Å². The van der Waals surface area contributed by atoms with Gasteiger partial charge in [0, 0.05) is 11.9 Å². The summed E-state index contributed by atoms with van der Waals surface area (Å²) < 4.78 is 5.19. The molecular weight excluding hydrogens is 198 g/mol. The first kappa shape index (κ1) is 9.80. The van der Waals surface area contributed by atoms with Crippen molar-refractivity contribution in [3.63, 3.8) is 0 Å². The number of aliphatic hydroxyl groups is 1. The summed E-state index contributed by atoms with van der Waals surface area (Å²) in [5, 5.41) is 10.3. The molecule has 1 aliphatic rings. The summed E-state index contributed by atoms with van der Waals surface area (Å²) in [6.45, 7) is 0. The third-order valence-corrected chi connectivity index (χ3v) is 3.61. The van der Waals surface area contributed by atoms with E-state index in [2.05, 4.69) is 4.98 Å². The van der Waals surface area contributed by atoms with Crippen molar-refractivity contribution in [2.75, 3.05) is 18.6 Å². The fourth-order valence-corrected chi connectivity index (χ4v) is 2.89. The molecule has 1 aromatic rings. The van der Waals surface area contributed by atoms with Crippen LogP contribution in [0.5, 0.6) is 5.75 Å². The summed E-state index contributed by atoms with van der Waals surface area (Å²) in [5.74, 6) is 2.37. The van der Waals surface area contributed by atoms with E-state index >= 15 is 0 Å². The summed E-state index contributed by atoms with van der Waals surface area (Å²) in [4.78, 5) is 4.21. The molecule has 1 unspecified atom stereocenters. The highest BCUT2D eigenvalue weighted by molar-refractivity contribution is 7.99. The van der Waals surface area contributed by atoms with Crippen LogP contribution in [0, 0.1) is 0 Å². The van der Waals surface area contributed by atoms with Gasteiger partial charge in [-0.2, -0.15) is 11.8 Å². The zero-order valence-corrected chi connectivity index (χ0v) is 8.88. The molecule has 14 heavy (non-hydrogen) atoms. The van der Waals surface area contributed by atoms with E-state index in [0.29, 0.717) is 17.2 Å². The van der Waals surface area contributed by atoms with Gasteiger partial charge in [0.1, 0.15) is 17.0 Å². The number of aromatic nitrogens is 1. The summed E-state index contributed by atoms with van der Waals surface area (Å²) in [7, 11) is 1.60. The van der Waals surface area contributed by atoms with Gasteiger partial charge in [-0.25, -0.2) is 0 Å². The normalized spacial score (nSPS) is 26.4. The Morgan fingerprint density at radius 2 is 2.50 bits per heavy atom. The van der Waals surface area contributed by atoms with Gasteiger partial charge in [-0.3, -0.25) is 4.98 Å². The molecule has 1 aromatic heterocycles. The van der Waals surface area contributed by atoms with Crippen LogP contribution >= 0.6 is 11.8 Å². The average molecular weight is 211 g/mol. The predicted octanol–water partition coefficient (Wildman–Crippen LogP) is 1.41. The molecule has 3 nitrogen and oxygen atoms in total. The van der Waals surface area contributed by atoms with Crippen molar-refractivity contribution in [2.24, 2.45) is 0 Å². The molecule has 2 heterocycles. The van der Waals surface area contributed by atoms with Gasteiger partial charge in [-0.05, 0) is 24.3 Å². The minimum absolute atomic E-state index is 0.674. The lowest BCUT2D eigenvalue weighted by Gasteiger charge is -2.22. The number of methoxy groups -OCH3 is 1. The molecule has 4 heteroatoms. The Morgan fingerprint density at radius 3 is 3.14 bits per heavy atom. The molecule has 0 bridgehead atoms. The lowest BCUT2D eigenvalue weighted by Crippen LogP contribution is -2.26. The van der Waals surface area contributed by atoms with Crippen molar-refractivity contribution in [2.45, 2.75) is 12.0 Å². The molecule has 1 aliphatic heterocycles. The van der Waals surface area contributed by atoms with Crippen LogP contribution in [0.4, 0.5) is 0 Å². The maximum Gasteiger partial charge on any atom is 0.143 e.